The molecule has 1 atom stereocenters. The Kier molecular flexibility index (Phi) is 4.47. The van der Waals surface area contributed by atoms with Crippen LogP contribution in [-0.4, -0.2) is 64.1 Å². The molecule has 0 spiro atoms. The van der Waals surface area contributed by atoms with Crippen molar-refractivity contribution in [1.82, 2.24) is 25.4 Å². The van der Waals surface area contributed by atoms with Crippen molar-refractivity contribution in [3.63, 3.8) is 0 Å². The lowest BCUT2D eigenvalue weighted by molar-refractivity contribution is -0.134. The third-order valence-electron chi connectivity index (χ3n) is 4.79. The molecule has 26 heavy (non-hydrogen) atoms. The lowest BCUT2D eigenvalue weighted by Crippen LogP contribution is -2.53. The SMILES string of the molecule is O=C1CCC(C(=O)N2CCN(c3ccc(-c4ccccn4)nn3)CC2)N1. The average molecular weight is 352 g/mol. The maximum atomic E-state index is 12.4. The Balaban J connectivity index is 1.36. The van der Waals surface area contributed by atoms with Gasteiger partial charge >= 0.3 is 0 Å². The minimum atomic E-state index is -0.355. The largest absolute Gasteiger partial charge is 0.352 e. The zero-order chi connectivity index (χ0) is 17.9. The summed E-state index contributed by atoms with van der Waals surface area (Å²) in [6.45, 7) is 2.64. The molecule has 2 aliphatic heterocycles. The van der Waals surface area contributed by atoms with Crippen LogP contribution in [0.3, 0.4) is 0 Å². The number of hydrogen-bond donors (Lipinski definition) is 1. The summed E-state index contributed by atoms with van der Waals surface area (Å²) < 4.78 is 0. The summed E-state index contributed by atoms with van der Waals surface area (Å²) >= 11 is 0. The smallest absolute Gasteiger partial charge is 0.245 e. The van der Waals surface area contributed by atoms with Crippen LogP contribution in [0, 0.1) is 0 Å². The molecule has 2 saturated heterocycles. The number of nitrogens with zero attached hydrogens (tertiary/aromatic N) is 5. The molecule has 134 valence electrons. The Bertz CT molecular complexity index is 787. The molecule has 2 aromatic heterocycles. The van der Waals surface area contributed by atoms with Gasteiger partial charge in [-0.2, -0.15) is 0 Å². The van der Waals surface area contributed by atoms with Gasteiger partial charge in [-0.15, -0.1) is 10.2 Å². The van der Waals surface area contributed by atoms with Crippen molar-refractivity contribution in [2.75, 3.05) is 31.1 Å². The van der Waals surface area contributed by atoms with Crippen molar-refractivity contribution in [2.24, 2.45) is 0 Å². The molecule has 0 aliphatic carbocycles. The van der Waals surface area contributed by atoms with Crippen LogP contribution < -0.4 is 10.2 Å². The molecule has 1 unspecified atom stereocenters. The predicted molar refractivity (Wildman–Crippen MR) is 95.2 cm³/mol. The molecule has 4 rings (SSSR count). The first-order valence-electron chi connectivity index (χ1n) is 8.79. The van der Waals surface area contributed by atoms with E-state index in [9.17, 15) is 9.59 Å². The van der Waals surface area contributed by atoms with Crippen molar-refractivity contribution in [3.8, 4) is 11.4 Å². The maximum Gasteiger partial charge on any atom is 0.245 e. The number of pyridine rings is 1. The van der Waals surface area contributed by atoms with E-state index in [0.717, 1.165) is 17.2 Å². The Labute approximate surface area is 151 Å². The molecular formula is C18H20N6O2. The first kappa shape index (κ1) is 16.4. The molecule has 1 N–H and O–H groups in total. The number of carbonyl (C=O) groups excluding carboxylic acids is 2. The molecule has 0 aromatic carbocycles. The zero-order valence-electron chi connectivity index (χ0n) is 14.3. The van der Waals surface area contributed by atoms with Gasteiger partial charge in [0, 0.05) is 38.8 Å². The van der Waals surface area contributed by atoms with Crippen LogP contribution in [0.1, 0.15) is 12.8 Å². The van der Waals surface area contributed by atoms with Gasteiger partial charge in [-0.25, -0.2) is 0 Å². The molecule has 2 fully saturated rings. The van der Waals surface area contributed by atoms with E-state index in [4.69, 9.17) is 0 Å². The van der Waals surface area contributed by atoms with Crippen molar-refractivity contribution in [2.45, 2.75) is 18.9 Å². The minimum absolute atomic E-state index is 0.0204. The predicted octanol–water partition coefficient (Wildman–Crippen LogP) is 0.466. The summed E-state index contributed by atoms with van der Waals surface area (Å²) in [5.41, 5.74) is 1.53. The molecule has 0 saturated carbocycles. The molecular weight excluding hydrogens is 332 g/mol. The van der Waals surface area contributed by atoms with Crippen LogP contribution >= 0.6 is 0 Å². The molecule has 2 amide bonds. The van der Waals surface area contributed by atoms with Gasteiger partial charge in [0.05, 0.1) is 5.69 Å². The molecule has 0 bridgehead atoms. The highest BCUT2D eigenvalue weighted by molar-refractivity contribution is 5.90. The number of carbonyl (C=O) groups is 2. The van der Waals surface area contributed by atoms with Gasteiger partial charge in [-0.3, -0.25) is 14.6 Å². The van der Waals surface area contributed by atoms with Crippen molar-refractivity contribution >= 4 is 17.6 Å². The van der Waals surface area contributed by atoms with Crippen LogP contribution in [0.25, 0.3) is 11.4 Å². The van der Waals surface area contributed by atoms with E-state index in [0.29, 0.717) is 39.0 Å². The van der Waals surface area contributed by atoms with Gasteiger partial charge in [0.1, 0.15) is 11.7 Å². The monoisotopic (exact) mass is 352 g/mol. The first-order chi connectivity index (χ1) is 12.7. The maximum absolute atomic E-state index is 12.4. The molecule has 2 aliphatic rings. The number of anilines is 1. The quantitative estimate of drug-likeness (QED) is 0.863. The highest BCUT2D eigenvalue weighted by atomic mass is 16.2. The van der Waals surface area contributed by atoms with Gasteiger partial charge in [-0.05, 0) is 30.7 Å². The number of piperazine rings is 1. The summed E-state index contributed by atoms with van der Waals surface area (Å²) in [5, 5.41) is 11.3. The third kappa shape index (κ3) is 3.35. The van der Waals surface area contributed by atoms with Crippen molar-refractivity contribution in [1.29, 1.82) is 0 Å². The second-order valence-corrected chi connectivity index (χ2v) is 6.46. The second-order valence-electron chi connectivity index (χ2n) is 6.46. The first-order valence-corrected chi connectivity index (χ1v) is 8.79. The molecule has 8 nitrogen and oxygen atoms in total. The normalized spacial score (nSPS) is 20.2. The molecule has 2 aromatic rings. The van der Waals surface area contributed by atoms with Crippen molar-refractivity contribution < 1.29 is 9.59 Å². The van der Waals surface area contributed by atoms with E-state index >= 15 is 0 Å². The fourth-order valence-corrected chi connectivity index (χ4v) is 3.32. The van der Waals surface area contributed by atoms with Crippen molar-refractivity contribution in [3.05, 3.63) is 36.5 Å². The summed E-state index contributed by atoms with van der Waals surface area (Å²) in [4.78, 5) is 32.0. The zero-order valence-corrected chi connectivity index (χ0v) is 14.3. The van der Waals surface area contributed by atoms with Crippen LogP contribution in [-0.2, 0) is 9.59 Å². The fourth-order valence-electron chi connectivity index (χ4n) is 3.32. The number of hydrogen-bond acceptors (Lipinski definition) is 6. The minimum Gasteiger partial charge on any atom is -0.352 e. The second kappa shape index (κ2) is 7.07. The van der Waals surface area contributed by atoms with Gasteiger partial charge in [0.2, 0.25) is 11.8 Å². The Morgan fingerprint density at radius 2 is 1.88 bits per heavy atom. The Hall–Kier alpha value is -3.03. The number of nitrogens with one attached hydrogen (secondary N) is 1. The van der Waals surface area contributed by atoms with E-state index in [-0.39, 0.29) is 17.9 Å². The van der Waals surface area contributed by atoms with Crippen LogP contribution in [0.5, 0.6) is 0 Å². The van der Waals surface area contributed by atoms with E-state index in [2.05, 4.69) is 25.4 Å². The van der Waals surface area contributed by atoms with E-state index in [1.807, 2.05) is 35.2 Å². The van der Waals surface area contributed by atoms with Gasteiger partial charge < -0.3 is 15.1 Å². The lowest BCUT2D eigenvalue weighted by atomic mass is 10.2. The Morgan fingerprint density at radius 3 is 2.50 bits per heavy atom. The van der Waals surface area contributed by atoms with Gasteiger partial charge in [-0.1, -0.05) is 6.07 Å². The Morgan fingerprint density at radius 1 is 1.04 bits per heavy atom. The van der Waals surface area contributed by atoms with Gasteiger partial charge in [0.15, 0.2) is 5.82 Å². The third-order valence-corrected chi connectivity index (χ3v) is 4.79. The fraction of sp³-hybridized carbons (Fsp3) is 0.389. The van der Waals surface area contributed by atoms with Crippen LogP contribution in [0.4, 0.5) is 5.82 Å². The van der Waals surface area contributed by atoms with E-state index in [1.165, 1.54) is 0 Å². The summed E-state index contributed by atoms with van der Waals surface area (Å²) in [7, 11) is 0. The molecule has 0 radical (unpaired) electrons. The summed E-state index contributed by atoms with van der Waals surface area (Å²) in [6.07, 6.45) is 2.76. The molecule has 8 heteroatoms. The van der Waals surface area contributed by atoms with Gasteiger partial charge in [0.25, 0.3) is 0 Å². The average Bonchev–Trinajstić information content (AvgIpc) is 3.15. The highest BCUT2D eigenvalue weighted by Crippen LogP contribution is 2.18. The number of amides is 2. The van der Waals surface area contributed by atoms with Crippen LogP contribution in [0.15, 0.2) is 36.5 Å². The lowest BCUT2D eigenvalue weighted by Gasteiger charge is -2.36. The number of rotatable bonds is 3. The van der Waals surface area contributed by atoms with E-state index in [1.54, 1.807) is 6.20 Å². The highest BCUT2D eigenvalue weighted by Gasteiger charge is 2.32. The summed E-state index contributed by atoms with van der Waals surface area (Å²) in [6, 6.07) is 9.17. The van der Waals surface area contributed by atoms with Crippen LogP contribution in [0.2, 0.25) is 0 Å². The number of aromatic nitrogens is 3. The molecule has 4 heterocycles. The van der Waals surface area contributed by atoms with E-state index < -0.39 is 0 Å². The topological polar surface area (TPSA) is 91.3 Å². The summed E-state index contributed by atoms with van der Waals surface area (Å²) in [5.74, 6) is 0.781. The standard InChI is InChI=1S/C18H20N6O2/c25-17-7-5-15(20-17)18(26)24-11-9-23(10-12-24)16-6-4-14(21-22-16)13-3-1-2-8-19-13/h1-4,6,8,15H,5,7,9-12H2,(H,20,25).